The lowest BCUT2D eigenvalue weighted by Gasteiger charge is -2.15. The van der Waals surface area contributed by atoms with E-state index >= 15 is 0 Å². The first-order chi connectivity index (χ1) is 11.4. The number of hydrogen-bond acceptors (Lipinski definition) is 4. The Morgan fingerprint density at radius 3 is 2.58 bits per heavy atom. The Morgan fingerprint density at radius 1 is 1.25 bits per heavy atom. The zero-order valence-corrected chi connectivity index (χ0v) is 13.7. The van der Waals surface area contributed by atoms with E-state index in [2.05, 4.69) is 9.71 Å². The van der Waals surface area contributed by atoms with Gasteiger partial charge >= 0.3 is 0 Å². The highest BCUT2D eigenvalue weighted by Crippen LogP contribution is 2.42. The highest BCUT2D eigenvalue weighted by Gasteiger charge is 2.32. The van der Waals surface area contributed by atoms with E-state index in [1.807, 2.05) is 0 Å². The van der Waals surface area contributed by atoms with Gasteiger partial charge in [-0.25, -0.2) is 22.2 Å². The van der Waals surface area contributed by atoms with E-state index in [0.717, 1.165) is 30.5 Å². The van der Waals surface area contributed by atoms with Crippen LogP contribution in [0, 0.1) is 17.6 Å². The zero-order valence-electron chi connectivity index (χ0n) is 12.9. The number of rotatable bonds is 6. The van der Waals surface area contributed by atoms with Crippen molar-refractivity contribution in [2.75, 3.05) is 11.8 Å². The van der Waals surface area contributed by atoms with Gasteiger partial charge < -0.3 is 4.74 Å². The third kappa shape index (κ3) is 3.54. The van der Waals surface area contributed by atoms with E-state index < -0.39 is 26.6 Å². The van der Waals surface area contributed by atoms with Gasteiger partial charge in [0.15, 0.2) is 0 Å². The second-order valence-corrected chi connectivity index (χ2v) is 7.30. The lowest BCUT2D eigenvalue weighted by molar-refractivity contribution is 0.0843. The minimum atomic E-state index is -4.27. The summed E-state index contributed by atoms with van der Waals surface area (Å²) in [5.74, 6) is -1.39. The molecule has 8 heteroatoms. The van der Waals surface area contributed by atoms with Crippen LogP contribution in [0.2, 0.25) is 0 Å². The van der Waals surface area contributed by atoms with Crippen LogP contribution in [0.25, 0.3) is 0 Å². The van der Waals surface area contributed by atoms with Crippen molar-refractivity contribution in [1.29, 1.82) is 0 Å². The predicted molar refractivity (Wildman–Crippen MR) is 83.9 cm³/mol. The van der Waals surface area contributed by atoms with Crippen LogP contribution in [0.4, 0.5) is 14.6 Å². The van der Waals surface area contributed by atoms with Gasteiger partial charge in [0, 0.05) is 13.3 Å². The Morgan fingerprint density at radius 2 is 2.00 bits per heavy atom. The highest BCUT2D eigenvalue weighted by atomic mass is 32.2. The highest BCUT2D eigenvalue weighted by molar-refractivity contribution is 7.92. The van der Waals surface area contributed by atoms with Crippen molar-refractivity contribution in [2.24, 2.45) is 5.92 Å². The van der Waals surface area contributed by atoms with E-state index in [0.29, 0.717) is 12.0 Å². The second-order valence-electron chi connectivity index (χ2n) is 5.65. The normalized spacial score (nSPS) is 16.0. The molecule has 5 nitrogen and oxygen atoms in total. The van der Waals surface area contributed by atoms with Gasteiger partial charge in [0.1, 0.15) is 22.3 Å². The van der Waals surface area contributed by atoms with Crippen molar-refractivity contribution in [1.82, 2.24) is 4.98 Å². The fourth-order valence-electron chi connectivity index (χ4n) is 2.51. The second kappa shape index (κ2) is 6.45. The number of halogens is 2. The molecule has 128 valence electrons. The lowest BCUT2D eigenvalue weighted by atomic mass is 10.1. The van der Waals surface area contributed by atoms with Crippen LogP contribution in [0.5, 0.6) is 0 Å². The van der Waals surface area contributed by atoms with Crippen LogP contribution in [-0.2, 0) is 14.8 Å². The first-order valence-electron chi connectivity index (χ1n) is 7.37. The molecule has 0 aliphatic heterocycles. The molecule has 1 aromatic carbocycles. The summed E-state index contributed by atoms with van der Waals surface area (Å²) in [5.41, 5.74) is 0.847. The summed E-state index contributed by atoms with van der Waals surface area (Å²) < 4.78 is 58.8. The zero-order chi connectivity index (χ0) is 17.3. The number of aromatic nitrogens is 1. The lowest BCUT2D eigenvalue weighted by Crippen LogP contribution is -2.16. The first-order valence-corrected chi connectivity index (χ1v) is 8.85. The average Bonchev–Trinajstić information content (AvgIpc) is 3.36. The van der Waals surface area contributed by atoms with E-state index in [1.54, 1.807) is 13.2 Å². The molecule has 1 aliphatic rings. The summed E-state index contributed by atoms with van der Waals surface area (Å²) in [6.07, 6.45) is 3.63. The quantitative estimate of drug-likeness (QED) is 0.865. The number of anilines is 1. The topological polar surface area (TPSA) is 68.3 Å². The predicted octanol–water partition coefficient (Wildman–Crippen LogP) is 3.26. The van der Waals surface area contributed by atoms with Crippen LogP contribution in [0.1, 0.15) is 24.5 Å². The first kappa shape index (κ1) is 16.8. The van der Waals surface area contributed by atoms with Crippen molar-refractivity contribution in [2.45, 2.75) is 23.8 Å². The maximum Gasteiger partial charge on any atom is 0.266 e. The molecule has 1 atom stereocenters. The molecule has 1 aliphatic carbocycles. The molecule has 24 heavy (non-hydrogen) atoms. The number of benzene rings is 1. The number of ether oxygens (including phenoxy) is 1. The molecule has 2 aromatic rings. The molecule has 0 spiro atoms. The van der Waals surface area contributed by atoms with E-state index in [1.165, 1.54) is 12.3 Å². The smallest absolute Gasteiger partial charge is 0.266 e. The van der Waals surface area contributed by atoms with Gasteiger partial charge in [0.25, 0.3) is 10.0 Å². The largest absolute Gasteiger partial charge is 0.376 e. The summed E-state index contributed by atoms with van der Waals surface area (Å²) in [6.45, 7) is 0. The fraction of sp³-hybridized carbons (Fsp3) is 0.312. The monoisotopic (exact) mass is 354 g/mol. The number of nitrogens with zero attached hydrogens (tertiary/aromatic N) is 1. The maximum atomic E-state index is 13.7. The minimum absolute atomic E-state index is 0.0214. The van der Waals surface area contributed by atoms with Crippen molar-refractivity contribution in [3.63, 3.8) is 0 Å². The summed E-state index contributed by atoms with van der Waals surface area (Å²) in [4.78, 5) is 3.27. The SMILES string of the molecule is COC(c1ccc(NS(=O)(=O)c2cc(F)ccc2F)nc1)C1CC1. The van der Waals surface area contributed by atoms with E-state index in [4.69, 9.17) is 4.74 Å². The van der Waals surface area contributed by atoms with Crippen LogP contribution in [0.3, 0.4) is 0 Å². The van der Waals surface area contributed by atoms with Gasteiger partial charge in [0.05, 0.1) is 6.10 Å². The maximum absolute atomic E-state index is 13.7. The molecule has 1 unspecified atom stereocenters. The van der Waals surface area contributed by atoms with E-state index in [9.17, 15) is 17.2 Å². The number of pyridine rings is 1. The van der Waals surface area contributed by atoms with Crippen molar-refractivity contribution in [3.8, 4) is 0 Å². The summed E-state index contributed by atoms with van der Waals surface area (Å²) >= 11 is 0. The molecule has 1 fully saturated rings. The van der Waals surface area contributed by atoms with Gasteiger partial charge in [-0.3, -0.25) is 4.72 Å². The van der Waals surface area contributed by atoms with Gasteiger partial charge in [-0.2, -0.15) is 0 Å². The molecule has 3 rings (SSSR count). The van der Waals surface area contributed by atoms with Crippen molar-refractivity contribution < 1.29 is 21.9 Å². The van der Waals surface area contributed by atoms with Crippen LogP contribution < -0.4 is 4.72 Å². The van der Waals surface area contributed by atoms with Gasteiger partial charge in [-0.1, -0.05) is 6.07 Å². The third-order valence-electron chi connectivity index (χ3n) is 3.84. The molecule has 1 heterocycles. The molecule has 1 N–H and O–H groups in total. The minimum Gasteiger partial charge on any atom is -0.376 e. The molecule has 0 amide bonds. The molecular formula is C16H16F2N2O3S. The van der Waals surface area contributed by atoms with E-state index in [-0.39, 0.29) is 11.9 Å². The molecular weight excluding hydrogens is 338 g/mol. The van der Waals surface area contributed by atoms with Gasteiger partial charge in [-0.05, 0) is 48.6 Å². The molecule has 0 saturated heterocycles. The Balaban J connectivity index is 1.81. The van der Waals surface area contributed by atoms with Crippen molar-refractivity contribution >= 4 is 15.8 Å². The summed E-state index contributed by atoms with van der Waals surface area (Å²) in [7, 11) is -2.65. The standard InChI is InChI=1S/C16H16F2N2O3S/c1-23-16(10-2-3-10)11-4-7-15(19-9-11)20-24(21,22)14-8-12(17)5-6-13(14)18/h4-10,16H,2-3H2,1H3,(H,19,20). The molecule has 0 bridgehead atoms. The van der Waals surface area contributed by atoms with Gasteiger partial charge in [0.2, 0.25) is 0 Å². The van der Waals surface area contributed by atoms with Crippen LogP contribution in [-0.4, -0.2) is 20.5 Å². The van der Waals surface area contributed by atoms with Crippen LogP contribution >= 0.6 is 0 Å². The Hall–Kier alpha value is -2.06. The Kier molecular flexibility index (Phi) is 4.51. The average molecular weight is 354 g/mol. The number of methoxy groups -OCH3 is 1. The van der Waals surface area contributed by atoms with Crippen LogP contribution in [0.15, 0.2) is 41.4 Å². The molecule has 0 radical (unpaired) electrons. The Labute approximate surface area is 138 Å². The summed E-state index contributed by atoms with van der Waals surface area (Å²) in [6, 6.07) is 5.42. The number of nitrogens with one attached hydrogen (secondary N) is 1. The van der Waals surface area contributed by atoms with Gasteiger partial charge in [-0.15, -0.1) is 0 Å². The number of hydrogen-bond donors (Lipinski definition) is 1. The molecule has 1 saturated carbocycles. The summed E-state index contributed by atoms with van der Waals surface area (Å²) in [5, 5.41) is 0. The third-order valence-corrected chi connectivity index (χ3v) is 5.21. The number of sulfonamides is 1. The Bertz CT molecular complexity index is 837. The fourth-order valence-corrected chi connectivity index (χ4v) is 3.61. The molecule has 1 aromatic heterocycles. The van der Waals surface area contributed by atoms with Crippen molar-refractivity contribution in [3.05, 3.63) is 53.7 Å².